The van der Waals surface area contributed by atoms with Crippen LogP contribution in [0.15, 0.2) is 30.6 Å². The molecule has 1 aliphatic heterocycles. The number of anilines is 2. The summed E-state index contributed by atoms with van der Waals surface area (Å²) in [6.45, 7) is 4.86. The molecule has 5 heteroatoms. The quantitative estimate of drug-likeness (QED) is 0.886. The van der Waals surface area contributed by atoms with E-state index in [1.54, 1.807) is 6.20 Å². The van der Waals surface area contributed by atoms with Gasteiger partial charge in [-0.25, -0.2) is 0 Å². The second-order valence-corrected chi connectivity index (χ2v) is 4.74. The van der Waals surface area contributed by atoms with Crippen molar-refractivity contribution in [3.05, 3.63) is 41.7 Å². The van der Waals surface area contributed by atoms with Crippen LogP contribution in [0.1, 0.15) is 24.1 Å². The summed E-state index contributed by atoms with van der Waals surface area (Å²) in [5.41, 5.74) is 3.88. The molecule has 1 amide bonds. The zero-order valence-electron chi connectivity index (χ0n) is 11.0. The van der Waals surface area contributed by atoms with Crippen molar-refractivity contribution in [3.8, 4) is 0 Å². The molecule has 0 bridgehead atoms. The summed E-state index contributed by atoms with van der Waals surface area (Å²) in [4.78, 5) is 12.0. The molecule has 19 heavy (non-hydrogen) atoms. The normalized spacial score (nSPS) is 17.2. The van der Waals surface area contributed by atoms with E-state index in [4.69, 9.17) is 0 Å². The molecule has 0 radical (unpaired) electrons. The van der Waals surface area contributed by atoms with E-state index in [1.165, 1.54) is 0 Å². The summed E-state index contributed by atoms with van der Waals surface area (Å²) in [5.74, 6) is -0.0233. The van der Waals surface area contributed by atoms with Crippen LogP contribution in [-0.2, 0) is 11.3 Å². The second kappa shape index (κ2) is 4.42. The van der Waals surface area contributed by atoms with Crippen molar-refractivity contribution in [1.82, 2.24) is 9.78 Å². The van der Waals surface area contributed by atoms with Crippen LogP contribution in [-0.4, -0.2) is 15.7 Å². The Morgan fingerprint density at radius 1 is 1.47 bits per heavy atom. The van der Waals surface area contributed by atoms with Gasteiger partial charge in [-0.15, -0.1) is 0 Å². The van der Waals surface area contributed by atoms with E-state index in [0.717, 1.165) is 29.0 Å². The molecular weight excluding hydrogens is 240 g/mol. The number of nitrogens with zero attached hydrogens (tertiary/aromatic N) is 2. The summed E-state index contributed by atoms with van der Waals surface area (Å²) >= 11 is 0. The van der Waals surface area contributed by atoms with Crippen molar-refractivity contribution in [2.24, 2.45) is 0 Å². The fourth-order valence-electron chi connectivity index (χ4n) is 2.30. The highest BCUT2D eigenvalue weighted by atomic mass is 16.2. The predicted molar refractivity (Wildman–Crippen MR) is 74.1 cm³/mol. The second-order valence-electron chi connectivity index (χ2n) is 4.74. The third-order valence-electron chi connectivity index (χ3n) is 3.31. The topological polar surface area (TPSA) is 59.0 Å². The highest BCUT2D eigenvalue weighted by molar-refractivity contribution is 6.04. The standard InChI is InChI=1S/C14H16N4O/c1-3-18-8-10(7-15-18)16-13-11-6-9(2)4-5-12(11)17-14(13)19/h4-8,13,16H,3H2,1-2H3,(H,17,19). The average molecular weight is 256 g/mol. The van der Waals surface area contributed by atoms with Gasteiger partial charge in [-0.05, 0) is 19.9 Å². The lowest BCUT2D eigenvalue weighted by molar-refractivity contribution is -0.116. The number of nitrogens with one attached hydrogen (secondary N) is 2. The Labute approximate surface area is 111 Å². The van der Waals surface area contributed by atoms with Crippen LogP contribution < -0.4 is 10.6 Å². The van der Waals surface area contributed by atoms with E-state index in [2.05, 4.69) is 15.7 Å². The van der Waals surface area contributed by atoms with E-state index >= 15 is 0 Å². The largest absolute Gasteiger partial charge is 0.367 e. The van der Waals surface area contributed by atoms with E-state index in [9.17, 15) is 4.79 Å². The molecule has 1 aromatic heterocycles. The van der Waals surface area contributed by atoms with E-state index in [1.807, 2.05) is 42.9 Å². The maximum Gasteiger partial charge on any atom is 0.251 e. The van der Waals surface area contributed by atoms with E-state index < -0.39 is 0 Å². The molecule has 0 spiro atoms. The van der Waals surface area contributed by atoms with Gasteiger partial charge in [0.15, 0.2) is 0 Å². The van der Waals surface area contributed by atoms with Crippen LogP contribution in [0.3, 0.4) is 0 Å². The summed E-state index contributed by atoms with van der Waals surface area (Å²) in [7, 11) is 0. The van der Waals surface area contributed by atoms with Gasteiger partial charge >= 0.3 is 0 Å². The Balaban J connectivity index is 1.89. The lowest BCUT2D eigenvalue weighted by Gasteiger charge is -2.11. The molecule has 1 unspecified atom stereocenters. The van der Waals surface area contributed by atoms with E-state index in [-0.39, 0.29) is 11.9 Å². The number of benzene rings is 1. The molecule has 0 saturated carbocycles. The molecule has 0 fully saturated rings. The molecule has 98 valence electrons. The highest BCUT2D eigenvalue weighted by Crippen LogP contribution is 2.33. The van der Waals surface area contributed by atoms with Crippen LogP contribution >= 0.6 is 0 Å². The SMILES string of the molecule is CCn1cc(NC2C(=O)Nc3ccc(C)cc32)cn1. The molecule has 0 aliphatic carbocycles. The molecule has 5 nitrogen and oxygen atoms in total. The predicted octanol–water partition coefficient (Wildman–Crippen LogP) is 2.32. The number of fused-ring (bicyclic) bond motifs is 1. The minimum atomic E-state index is -0.343. The molecule has 0 saturated heterocycles. The molecule has 1 atom stereocenters. The van der Waals surface area contributed by atoms with E-state index in [0.29, 0.717) is 0 Å². The lowest BCUT2D eigenvalue weighted by Crippen LogP contribution is -2.19. The van der Waals surface area contributed by atoms with Gasteiger partial charge < -0.3 is 10.6 Å². The minimum absolute atomic E-state index is 0.0233. The van der Waals surface area contributed by atoms with Gasteiger partial charge in [-0.3, -0.25) is 9.48 Å². The Morgan fingerprint density at radius 3 is 3.05 bits per heavy atom. The zero-order chi connectivity index (χ0) is 13.4. The van der Waals surface area contributed by atoms with Gasteiger partial charge in [0.2, 0.25) is 0 Å². The van der Waals surface area contributed by atoms with Crippen molar-refractivity contribution in [2.45, 2.75) is 26.4 Å². The summed E-state index contributed by atoms with van der Waals surface area (Å²) in [6.07, 6.45) is 3.64. The summed E-state index contributed by atoms with van der Waals surface area (Å²) in [6, 6.07) is 5.63. The molecule has 2 heterocycles. The van der Waals surface area contributed by atoms with Gasteiger partial charge in [-0.2, -0.15) is 5.10 Å². The first kappa shape index (κ1) is 11.8. The number of carbonyl (C=O) groups excluding carboxylic acids is 1. The number of amides is 1. The number of carbonyl (C=O) groups is 1. The van der Waals surface area contributed by atoms with Crippen molar-refractivity contribution >= 4 is 17.3 Å². The van der Waals surface area contributed by atoms with Crippen LogP contribution in [0.4, 0.5) is 11.4 Å². The van der Waals surface area contributed by atoms with Crippen molar-refractivity contribution in [1.29, 1.82) is 0 Å². The maximum atomic E-state index is 12.0. The third-order valence-corrected chi connectivity index (χ3v) is 3.31. The van der Waals surface area contributed by atoms with Crippen molar-refractivity contribution in [2.75, 3.05) is 10.6 Å². The fraction of sp³-hybridized carbons (Fsp3) is 0.286. The molecule has 1 aromatic carbocycles. The van der Waals surface area contributed by atoms with Crippen molar-refractivity contribution < 1.29 is 4.79 Å². The Hall–Kier alpha value is -2.30. The molecule has 2 aromatic rings. The Morgan fingerprint density at radius 2 is 2.32 bits per heavy atom. The number of rotatable bonds is 3. The van der Waals surface area contributed by atoms with Gasteiger partial charge in [-0.1, -0.05) is 17.7 Å². The summed E-state index contributed by atoms with van der Waals surface area (Å²) < 4.78 is 1.83. The van der Waals surface area contributed by atoms with Crippen molar-refractivity contribution in [3.63, 3.8) is 0 Å². The minimum Gasteiger partial charge on any atom is -0.367 e. The van der Waals surface area contributed by atoms with Crippen LogP contribution in [0.2, 0.25) is 0 Å². The van der Waals surface area contributed by atoms with Gasteiger partial charge in [0, 0.05) is 24.0 Å². The van der Waals surface area contributed by atoms with Crippen LogP contribution in [0, 0.1) is 6.92 Å². The first-order valence-corrected chi connectivity index (χ1v) is 6.38. The lowest BCUT2D eigenvalue weighted by atomic mass is 10.1. The smallest absolute Gasteiger partial charge is 0.251 e. The molecule has 2 N–H and O–H groups in total. The fourth-order valence-corrected chi connectivity index (χ4v) is 2.30. The number of hydrogen-bond acceptors (Lipinski definition) is 3. The molecule has 3 rings (SSSR count). The number of aryl methyl sites for hydroxylation is 2. The van der Waals surface area contributed by atoms with Crippen LogP contribution in [0.5, 0.6) is 0 Å². The third kappa shape index (κ3) is 2.07. The first-order chi connectivity index (χ1) is 9.17. The summed E-state index contributed by atoms with van der Waals surface area (Å²) in [5, 5.41) is 10.3. The number of aromatic nitrogens is 2. The molecular formula is C14H16N4O. The van der Waals surface area contributed by atoms with Gasteiger partial charge in [0.25, 0.3) is 5.91 Å². The Kier molecular flexibility index (Phi) is 2.74. The van der Waals surface area contributed by atoms with Gasteiger partial charge in [0.1, 0.15) is 6.04 Å². The zero-order valence-corrected chi connectivity index (χ0v) is 11.0. The Bertz CT molecular complexity index is 632. The average Bonchev–Trinajstić information content (AvgIpc) is 2.96. The molecule has 1 aliphatic rings. The van der Waals surface area contributed by atoms with Crippen LogP contribution in [0.25, 0.3) is 0 Å². The maximum absolute atomic E-state index is 12.0. The number of hydrogen-bond donors (Lipinski definition) is 2. The highest BCUT2D eigenvalue weighted by Gasteiger charge is 2.30. The van der Waals surface area contributed by atoms with Gasteiger partial charge in [0.05, 0.1) is 11.9 Å². The monoisotopic (exact) mass is 256 g/mol. The first-order valence-electron chi connectivity index (χ1n) is 6.38.